The van der Waals surface area contributed by atoms with E-state index in [1.807, 2.05) is 48.5 Å². The second-order valence-corrected chi connectivity index (χ2v) is 10.4. The molecule has 1 aliphatic carbocycles. The topological polar surface area (TPSA) is 58.6 Å². The third-order valence-corrected chi connectivity index (χ3v) is 7.82. The zero-order valence-corrected chi connectivity index (χ0v) is 22.5. The number of nitrogens with zero attached hydrogens (tertiary/aromatic N) is 1. The molecule has 0 spiro atoms. The van der Waals surface area contributed by atoms with Gasteiger partial charge in [-0.1, -0.05) is 48.0 Å². The number of para-hydroxylation sites is 2. The number of hydrogen-bond donors (Lipinski definition) is 1. The lowest BCUT2D eigenvalue weighted by molar-refractivity contribution is -0.116. The number of amides is 1. The van der Waals surface area contributed by atoms with Crippen LogP contribution in [0.2, 0.25) is 5.02 Å². The van der Waals surface area contributed by atoms with Crippen LogP contribution in [-0.2, 0) is 4.79 Å². The highest BCUT2D eigenvalue weighted by molar-refractivity contribution is 6.30. The highest BCUT2D eigenvalue weighted by Gasteiger charge is 2.41. The molecule has 0 saturated carbocycles. The summed E-state index contributed by atoms with van der Waals surface area (Å²) in [5.41, 5.74) is 4.71. The number of ether oxygens (including phenoxy) is 1. The van der Waals surface area contributed by atoms with E-state index in [1.165, 1.54) is 12.1 Å². The summed E-state index contributed by atoms with van der Waals surface area (Å²) in [6.07, 6.45) is 0.853. The summed E-state index contributed by atoms with van der Waals surface area (Å²) in [5, 5.41) is 4.03. The Kier molecular flexibility index (Phi) is 6.86. The van der Waals surface area contributed by atoms with E-state index < -0.39 is 11.9 Å². The van der Waals surface area contributed by atoms with Gasteiger partial charge in [0.15, 0.2) is 5.78 Å². The third kappa shape index (κ3) is 4.75. The van der Waals surface area contributed by atoms with Crippen molar-refractivity contribution in [1.82, 2.24) is 0 Å². The van der Waals surface area contributed by atoms with Crippen molar-refractivity contribution in [2.75, 3.05) is 17.3 Å². The smallest absolute Gasteiger partial charge is 0.259 e. The van der Waals surface area contributed by atoms with E-state index in [0.717, 1.165) is 17.0 Å². The van der Waals surface area contributed by atoms with Crippen LogP contribution in [0.5, 0.6) is 5.75 Å². The van der Waals surface area contributed by atoms with Crippen molar-refractivity contribution in [3.63, 3.8) is 0 Å². The Morgan fingerprint density at radius 1 is 0.900 bits per heavy atom. The maximum atomic E-state index is 14.2. The lowest BCUT2D eigenvalue weighted by atomic mass is 9.78. The van der Waals surface area contributed by atoms with Crippen LogP contribution in [0.1, 0.15) is 46.3 Å². The van der Waals surface area contributed by atoms with Crippen LogP contribution >= 0.6 is 11.6 Å². The van der Waals surface area contributed by atoms with E-state index in [2.05, 4.69) is 5.32 Å². The first-order valence-corrected chi connectivity index (χ1v) is 13.4. The number of carbonyl (C=O) groups is 2. The molecule has 1 aliphatic heterocycles. The van der Waals surface area contributed by atoms with E-state index in [4.69, 9.17) is 16.3 Å². The molecule has 7 heteroatoms. The molecule has 0 bridgehead atoms. The van der Waals surface area contributed by atoms with Gasteiger partial charge in [0.1, 0.15) is 11.6 Å². The predicted octanol–water partition coefficient (Wildman–Crippen LogP) is 7.70. The van der Waals surface area contributed by atoms with Gasteiger partial charge in [-0.25, -0.2) is 4.39 Å². The van der Waals surface area contributed by atoms with Gasteiger partial charge in [0.2, 0.25) is 0 Å². The fourth-order valence-electron chi connectivity index (χ4n) is 5.62. The molecule has 6 rings (SSSR count). The van der Waals surface area contributed by atoms with Crippen LogP contribution in [0, 0.1) is 5.82 Å². The number of hydrogen-bond acceptors (Lipinski definition) is 4. The summed E-state index contributed by atoms with van der Waals surface area (Å²) in [6.45, 7) is 0. The summed E-state index contributed by atoms with van der Waals surface area (Å²) in [6, 6.07) is 27.2. The number of fused-ring (bicyclic) bond motifs is 1. The molecule has 0 unspecified atom stereocenters. The fraction of sp³-hybridized carbons (Fsp3) is 0.152. The number of Topliss-reactive ketones (excluding diaryl/α,β-unsaturated/α-hetero) is 1. The number of anilines is 2. The van der Waals surface area contributed by atoms with E-state index in [9.17, 15) is 14.0 Å². The second kappa shape index (κ2) is 10.6. The maximum Gasteiger partial charge on any atom is 0.259 e. The summed E-state index contributed by atoms with van der Waals surface area (Å²) < 4.78 is 19.3. The van der Waals surface area contributed by atoms with Crippen molar-refractivity contribution in [3.8, 4) is 5.75 Å². The average Bonchev–Trinajstić information content (AvgIpc) is 3.12. The molecule has 1 heterocycles. The average molecular weight is 553 g/mol. The molecule has 1 amide bonds. The second-order valence-electron chi connectivity index (χ2n) is 9.97. The molecule has 2 aliphatic rings. The zero-order valence-electron chi connectivity index (χ0n) is 21.7. The number of benzene rings is 4. The molecule has 0 fully saturated rings. The highest BCUT2D eigenvalue weighted by atomic mass is 35.5. The molecule has 200 valence electrons. The Labute approximate surface area is 236 Å². The van der Waals surface area contributed by atoms with E-state index in [1.54, 1.807) is 48.4 Å². The van der Waals surface area contributed by atoms with Crippen LogP contribution in [-0.4, -0.2) is 18.8 Å². The summed E-state index contributed by atoms with van der Waals surface area (Å²) in [5.74, 6) is -0.0517. The van der Waals surface area contributed by atoms with Crippen molar-refractivity contribution < 1.29 is 18.7 Å². The number of halogens is 2. The van der Waals surface area contributed by atoms with Crippen LogP contribution < -0.4 is 15.0 Å². The number of rotatable bonds is 4. The highest BCUT2D eigenvalue weighted by Crippen LogP contribution is 2.48. The van der Waals surface area contributed by atoms with Crippen molar-refractivity contribution in [1.29, 1.82) is 0 Å². The van der Waals surface area contributed by atoms with Gasteiger partial charge < -0.3 is 10.1 Å². The van der Waals surface area contributed by atoms with Crippen LogP contribution in [0.25, 0.3) is 0 Å². The minimum Gasteiger partial charge on any atom is -0.497 e. The largest absolute Gasteiger partial charge is 0.497 e. The van der Waals surface area contributed by atoms with E-state index >= 15 is 0 Å². The molecule has 4 aromatic rings. The van der Waals surface area contributed by atoms with Crippen LogP contribution in [0.15, 0.2) is 108 Å². The fourth-order valence-corrected chi connectivity index (χ4v) is 5.74. The van der Waals surface area contributed by atoms with Crippen molar-refractivity contribution in [2.24, 2.45) is 0 Å². The Bertz CT molecular complexity index is 1620. The van der Waals surface area contributed by atoms with Gasteiger partial charge in [0.05, 0.1) is 24.5 Å². The summed E-state index contributed by atoms with van der Waals surface area (Å²) in [4.78, 5) is 30.0. The van der Waals surface area contributed by atoms with Crippen molar-refractivity contribution >= 4 is 34.7 Å². The zero-order chi connectivity index (χ0) is 27.8. The number of nitrogens with one attached hydrogen (secondary N) is 1. The SMILES string of the molecule is COc1ccc([C@H]2CC(=O)C3=C(C2)Nc2ccccc2N(C(=O)c2ccc(Cl)cc2)[C@@H]3c2ccc(F)cc2)cc1. The van der Waals surface area contributed by atoms with Gasteiger partial charge in [-0.05, 0) is 84.1 Å². The number of allylic oxidation sites excluding steroid dienone is 1. The molecule has 4 aromatic carbocycles. The third-order valence-electron chi connectivity index (χ3n) is 7.57. The summed E-state index contributed by atoms with van der Waals surface area (Å²) in [7, 11) is 1.62. The van der Waals surface area contributed by atoms with Gasteiger partial charge in [0.25, 0.3) is 5.91 Å². The standard InChI is InChI=1S/C33H26ClFN2O3/c1-40-26-16-10-20(11-17-26)23-18-28-31(30(38)19-23)32(21-8-14-25(35)15-9-21)37(29-5-3-2-4-27(29)36-28)33(39)22-6-12-24(34)13-7-22/h2-17,23,32,36H,18-19H2,1H3/t23-,32-/m1/s1. The number of methoxy groups -OCH3 is 1. The van der Waals surface area contributed by atoms with Crippen LogP contribution in [0.3, 0.4) is 0 Å². The first-order chi connectivity index (χ1) is 19.4. The van der Waals surface area contributed by atoms with Crippen LogP contribution in [0.4, 0.5) is 15.8 Å². The molecule has 2 atom stereocenters. The Morgan fingerprint density at radius 2 is 1.57 bits per heavy atom. The van der Waals surface area contributed by atoms with Crippen molar-refractivity contribution in [3.05, 3.63) is 136 Å². The Morgan fingerprint density at radius 3 is 2.27 bits per heavy atom. The molecule has 0 saturated heterocycles. The molecule has 40 heavy (non-hydrogen) atoms. The lowest BCUT2D eigenvalue weighted by Gasteiger charge is -2.35. The number of ketones is 1. The molecule has 0 aromatic heterocycles. The van der Waals surface area contributed by atoms with Gasteiger partial charge in [-0.15, -0.1) is 0 Å². The molecule has 1 N–H and O–H groups in total. The molecular weight excluding hydrogens is 527 g/mol. The lowest BCUT2D eigenvalue weighted by Crippen LogP contribution is -2.38. The molecular formula is C33H26ClFN2O3. The monoisotopic (exact) mass is 552 g/mol. The van der Waals surface area contributed by atoms with Gasteiger partial charge in [-0.2, -0.15) is 0 Å². The quantitative estimate of drug-likeness (QED) is 0.282. The minimum atomic E-state index is -0.765. The first kappa shape index (κ1) is 25.8. The number of carbonyl (C=O) groups excluding carboxylic acids is 2. The first-order valence-electron chi connectivity index (χ1n) is 13.0. The summed E-state index contributed by atoms with van der Waals surface area (Å²) >= 11 is 6.11. The van der Waals surface area contributed by atoms with Gasteiger partial charge in [-0.3, -0.25) is 14.5 Å². The Hall–Kier alpha value is -4.42. The maximum absolute atomic E-state index is 14.2. The van der Waals surface area contributed by atoms with Crippen molar-refractivity contribution in [2.45, 2.75) is 24.8 Å². The Balaban J connectivity index is 1.53. The minimum absolute atomic E-state index is 0.0517. The molecule has 0 radical (unpaired) electrons. The molecule has 5 nitrogen and oxygen atoms in total. The van der Waals surface area contributed by atoms with E-state index in [-0.39, 0.29) is 24.0 Å². The normalized spacial score (nSPS) is 18.4. The predicted molar refractivity (Wildman–Crippen MR) is 154 cm³/mol. The van der Waals surface area contributed by atoms with Gasteiger partial charge in [0, 0.05) is 28.3 Å². The van der Waals surface area contributed by atoms with E-state index in [0.29, 0.717) is 39.5 Å². The van der Waals surface area contributed by atoms with Gasteiger partial charge >= 0.3 is 0 Å².